The van der Waals surface area contributed by atoms with Crippen molar-refractivity contribution in [2.24, 2.45) is 7.05 Å². The summed E-state index contributed by atoms with van der Waals surface area (Å²) in [6.07, 6.45) is 3.19. The predicted molar refractivity (Wildman–Crippen MR) is 85.5 cm³/mol. The van der Waals surface area contributed by atoms with Crippen molar-refractivity contribution in [1.82, 2.24) is 19.7 Å². The molecule has 0 aliphatic carbocycles. The molecule has 8 nitrogen and oxygen atoms in total. The first-order valence-corrected chi connectivity index (χ1v) is 7.65. The van der Waals surface area contributed by atoms with Crippen LogP contribution >= 0.6 is 11.8 Å². The molecular formula is C14H13N5O3S. The second kappa shape index (κ2) is 6.21. The number of hydrogen-bond donors (Lipinski definition) is 0. The summed E-state index contributed by atoms with van der Waals surface area (Å²) < 4.78 is 6.95. The van der Waals surface area contributed by atoms with Crippen LogP contribution in [-0.4, -0.2) is 31.8 Å². The number of hydrogen-bond acceptors (Lipinski definition) is 7. The quantitative estimate of drug-likeness (QED) is 0.307. The third-order valence-electron chi connectivity index (χ3n) is 3.33. The zero-order chi connectivity index (χ0) is 16.4. The lowest BCUT2D eigenvalue weighted by atomic mass is 10.2. The van der Waals surface area contributed by atoms with Crippen LogP contribution in [0.15, 0.2) is 35.7 Å². The molecule has 0 spiro atoms. The van der Waals surface area contributed by atoms with E-state index in [1.54, 1.807) is 24.1 Å². The van der Waals surface area contributed by atoms with Gasteiger partial charge >= 0.3 is 0 Å². The normalized spacial score (nSPS) is 10.9. The molecule has 1 aromatic carbocycles. The van der Waals surface area contributed by atoms with E-state index in [0.717, 1.165) is 21.6 Å². The van der Waals surface area contributed by atoms with Crippen molar-refractivity contribution in [2.75, 3.05) is 7.11 Å². The van der Waals surface area contributed by atoms with E-state index in [4.69, 9.17) is 4.74 Å². The van der Waals surface area contributed by atoms with Gasteiger partial charge in [-0.25, -0.2) is 9.97 Å². The fourth-order valence-electron chi connectivity index (χ4n) is 2.19. The van der Waals surface area contributed by atoms with Gasteiger partial charge in [-0.1, -0.05) is 0 Å². The zero-order valence-electron chi connectivity index (χ0n) is 12.5. The Morgan fingerprint density at radius 3 is 2.96 bits per heavy atom. The van der Waals surface area contributed by atoms with E-state index in [1.807, 2.05) is 7.05 Å². The topological polar surface area (TPSA) is 96.0 Å². The third-order valence-corrected chi connectivity index (χ3v) is 4.39. The molecule has 118 valence electrons. The highest BCUT2D eigenvalue weighted by atomic mass is 32.2. The van der Waals surface area contributed by atoms with Crippen LogP contribution in [0.1, 0.15) is 5.56 Å². The van der Waals surface area contributed by atoms with Gasteiger partial charge in [-0.05, 0) is 6.07 Å². The maximum atomic E-state index is 10.9. The molecule has 0 radical (unpaired) electrons. The molecule has 0 saturated carbocycles. The Kier molecular flexibility index (Phi) is 4.11. The Hall–Kier alpha value is -2.68. The molecule has 0 atom stereocenters. The first kappa shape index (κ1) is 15.2. The number of nitrogens with zero attached hydrogens (tertiary/aromatic N) is 5. The SMILES string of the molecule is COc1ccc([N+](=O)[O-])cc1CSc1ncnc2c1cnn2C. The van der Waals surface area contributed by atoms with Gasteiger partial charge in [0.15, 0.2) is 5.65 Å². The number of aryl methyl sites for hydroxylation is 1. The fourth-order valence-corrected chi connectivity index (χ4v) is 3.13. The summed E-state index contributed by atoms with van der Waals surface area (Å²) in [5, 5.41) is 16.7. The summed E-state index contributed by atoms with van der Waals surface area (Å²) in [5.41, 5.74) is 1.52. The molecule has 0 unspecified atom stereocenters. The Morgan fingerprint density at radius 1 is 1.39 bits per heavy atom. The van der Waals surface area contributed by atoms with Crippen LogP contribution in [0.25, 0.3) is 11.0 Å². The minimum absolute atomic E-state index is 0.0376. The lowest BCUT2D eigenvalue weighted by molar-refractivity contribution is -0.384. The maximum absolute atomic E-state index is 10.9. The molecule has 2 aromatic heterocycles. The van der Waals surface area contributed by atoms with Gasteiger partial charge in [-0.2, -0.15) is 5.10 Å². The summed E-state index contributed by atoms with van der Waals surface area (Å²) in [7, 11) is 3.35. The maximum Gasteiger partial charge on any atom is 0.270 e. The molecule has 9 heteroatoms. The molecule has 3 rings (SSSR count). The van der Waals surface area contributed by atoms with Crippen molar-refractivity contribution >= 4 is 28.5 Å². The third kappa shape index (κ3) is 2.95. The number of aromatic nitrogens is 4. The number of nitro groups is 1. The first-order valence-electron chi connectivity index (χ1n) is 6.67. The van der Waals surface area contributed by atoms with Gasteiger partial charge in [-0.3, -0.25) is 14.8 Å². The second-order valence-corrected chi connectivity index (χ2v) is 5.69. The zero-order valence-corrected chi connectivity index (χ0v) is 13.3. The highest BCUT2D eigenvalue weighted by Gasteiger charge is 2.14. The smallest absolute Gasteiger partial charge is 0.270 e. The number of nitro benzene ring substituents is 1. The summed E-state index contributed by atoms with van der Waals surface area (Å²) in [5.74, 6) is 1.10. The van der Waals surface area contributed by atoms with E-state index in [2.05, 4.69) is 15.1 Å². The van der Waals surface area contributed by atoms with Gasteiger partial charge in [0.25, 0.3) is 5.69 Å². The molecule has 0 bridgehead atoms. The van der Waals surface area contributed by atoms with E-state index >= 15 is 0 Å². The standard InChI is InChI=1S/C14H13N5O3S/c1-18-13-11(6-17-18)14(16-8-15-13)23-7-9-5-10(19(20)21)3-4-12(9)22-2/h3-6,8H,7H2,1-2H3. The average Bonchev–Trinajstić information content (AvgIpc) is 2.94. The number of benzene rings is 1. The van der Waals surface area contributed by atoms with Gasteiger partial charge in [0.1, 0.15) is 17.1 Å². The highest BCUT2D eigenvalue weighted by molar-refractivity contribution is 7.98. The van der Waals surface area contributed by atoms with Crippen molar-refractivity contribution in [3.63, 3.8) is 0 Å². The Balaban J connectivity index is 1.90. The van der Waals surface area contributed by atoms with Crippen LogP contribution < -0.4 is 4.74 Å². The molecule has 0 saturated heterocycles. The minimum atomic E-state index is -0.419. The molecule has 2 heterocycles. The van der Waals surface area contributed by atoms with Crippen LogP contribution in [0.2, 0.25) is 0 Å². The van der Waals surface area contributed by atoms with Gasteiger partial charge in [0.05, 0.1) is 23.6 Å². The molecule has 0 fully saturated rings. The largest absolute Gasteiger partial charge is 0.496 e. The summed E-state index contributed by atoms with van der Waals surface area (Å²) >= 11 is 1.46. The number of rotatable bonds is 5. The molecular weight excluding hydrogens is 318 g/mol. The number of thioether (sulfide) groups is 1. The molecule has 0 aliphatic rings. The summed E-state index contributed by atoms with van der Waals surface area (Å²) in [4.78, 5) is 19.0. The van der Waals surface area contributed by atoms with Gasteiger partial charge < -0.3 is 4.74 Å². The van der Waals surface area contributed by atoms with Gasteiger partial charge in [0.2, 0.25) is 0 Å². The minimum Gasteiger partial charge on any atom is -0.496 e. The summed E-state index contributed by atoms with van der Waals surface area (Å²) in [6.45, 7) is 0. The molecule has 0 aliphatic heterocycles. The van der Waals surface area contributed by atoms with E-state index in [1.165, 1.54) is 30.2 Å². The van der Waals surface area contributed by atoms with Crippen LogP contribution in [0.4, 0.5) is 5.69 Å². The van der Waals surface area contributed by atoms with Crippen molar-refractivity contribution in [2.45, 2.75) is 10.8 Å². The second-order valence-electron chi connectivity index (χ2n) is 4.73. The highest BCUT2D eigenvalue weighted by Crippen LogP contribution is 2.32. The first-order chi connectivity index (χ1) is 11.1. The van der Waals surface area contributed by atoms with Crippen LogP contribution in [0, 0.1) is 10.1 Å². The predicted octanol–water partition coefficient (Wildman–Crippen LogP) is 2.57. The lowest BCUT2D eigenvalue weighted by Gasteiger charge is -2.08. The van der Waals surface area contributed by atoms with Gasteiger partial charge in [-0.15, -0.1) is 11.8 Å². The Bertz CT molecular complexity index is 880. The van der Waals surface area contributed by atoms with Crippen molar-refractivity contribution < 1.29 is 9.66 Å². The number of methoxy groups -OCH3 is 1. The van der Waals surface area contributed by atoms with Crippen LogP contribution in [0.3, 0.4) is 0 Å². The Labute approximate surface area is 135 Å². The number of fused-ring (bicyclic) bond motifs is 1. The number of ether oxygens (including phenoxy) is 1. The molecule has 0 amide bonds. The van der Waals surface area contributed by atoms with E-state index in [0.29, 0.717) is 11.5 Å². The van der Waals surface area contributed by atoms with Crippen molar-refractivity contribution in [3.8, 4) is 5.75 Å². The summed E-state index contributed by atoms with van der Waals surface area (Å²) in [6, 6.07) is 4.55. The molecule has 3 aromatic rings. The van der Waals surface area contributed by atoms with E-state index in [-0.39, 0.29) is 5.69 Å². The number of non-ortho nitro benzene ring substituents is 1. The Morgan fingerprint density at radius 2 is 2.22 bits per heavy atom. The fraction of sp³-hybridized carbons (Fsp3) is 0.214. The van der Waals surface area contributed by atoms with Gasteiger partial charge in [0, 0.05) is 30.5 Å². The van der Waals surface area contributed by atoms with Crippen LogP contribution in [0.5, 0.6) is 5.75 Å². The van der Waals surface area contributed by atoms with E-state index in [9.17, 15) is 10.1 Å². The van der Waals surface area contributed by atoms with Crippen LogP contribution in [-0.2, 0) is 12.8 Å². The van der Waals surface area contributed by atoms with E-state index < -0.39 is 4.92 Å². The monoisotopic (exact) mass is 331 g/mol. The van der Waals surface area contributed by atoms with Crippen molar-refractivity contribution in [1.29, 1.82) is 0 Å². The molecule has 23 heavy (non-hydrogen) atoms. The van der Waals surface area contributed by atoms with Crippen molar-refractivity contribution in [3.05, 3.63) is 46.4 Å². The molecule has 0 N–H and O–H groups in total. The average molecular weight is 331 g/mol. The lowest BCUT2D eigenvalue weighted by Crippen LogP contribution is -1.95.